The van der Waals surface area contributed by atoms with Crippen molar-refractivity contribution in [3.63, 3.8) is 0 Å². The van der Waals surface area contributed by atoms with Crippen LogP contribution in [-0.2, 0) is 14.8 Å². The van der Waals surface area contributed by atoms with Crippen LogP contribution in [0, 0.1) is 6.92 Å². The summed E-state index contributed by atoms with van der Waals surface area (Å²) >= 11 is 0. The van der Waals surface area contributed by atoms with Gasteiger partial charge in [-0.15, -0.1) is 0 Å². The van der Waals surface area contributed by atoms with E-state index in [2.05, 4.69) is 15.2 Å². The minimum absolute atomic E-state index is 0.127. The monoisotopic (exact) mass is 451 g/mol. The van der Waals surface area contributed by atoms with Crippen molar-refractivity contribution >= 4 is 22.1 Å². The summed E-state index contributed by atoms with van der Waals surface area (Å²) in [6.07, 6.45) is 1.35. The molecule has 3 rings (SSSR count). The number of hydrazone groups is 1. The first-order chi connectivity index (χ1) is 15.4. The van der Waals surface area contributed by atoms with Gasteiger partial charge in [-0.05, 0) is 36.8 Å². The van der Waals surface area contributed by atoms with Gasteiger partial charge in [0.1, 0.15) is 5.75 Å². The van der Waals surface area contributed by atoms with Gasteiger partial charge in [0.15, 0.2) is 0 Å². The average molecular weight is 452 g/mol. The summed E-state index contributed by atoms with van der Waals surface area (Å²) in [4.78, 5) is 12.7. The van der Waals surface area contributed by atoms with E-state index in [1.54, 1.807) is 55.6 Å². The zero-order valence-corrected chi connectivity index (χ0v) is 18.7. The molecular formula is C24H25N3O4S. The SMILES string of the molecule is COc1ccccc1/C=N\NC(=O)C[C@@H](NS(=O)(=O)c1ccc(C)cc1)c1ccccc1. The summed E-state index contributed by atoms with van der Waals surface area (Å²) in [6, 6.07) is 22.0. The Balaban J connectivity index is 1.74. The summed E-state index contributed by atoms with van der Waals surface area (Å²) < 4.78 is 33.7. The second kappa shape index (κ2) is 10.7. The maximum Gasteiger partial charge on any atom is 0.242 e. The molecule has 3 aromatic rings. The van der Waals surface area contributed by atoms with Gasteiger partial charge in [-0.3, -0.25) is 4.79 Å². The quantitative estimate of drug-likeness (QED) is 0.384. The highest BCUT2D eigenvalue weighted by Gasteiger charge is 2.23. The molecule has 8 heteroatoms. The van der Waals surface area contributed by atoms with Crippen LogP contribution < -0.4 is 14.9 Å². The van der Waals surface area contributed by atoms with Crippen LogP contribution in [0.2, 0.25) is 0 Å². The molecule has 1 atom stereocenters. The zero-order valence-electron chi connectivity index (χ0n) is 17.9. The number of amides is 1. The van der Waals surface area contributed by atoms with Crippen LogP contribution in [0.25, 0.3) is 0 Å². The van der Waals surface area contributed by atoms with Crippen LogP contribution in [0.3, 0.4) is 0 Å². The van der Waals surface area contributed by atoms with Crippen LogP contribution in [-0.4, -0.2) is 27.6 Å². The van der Waals surface area contributed by atoms with Crippen molar-refractivity contribution in [2.24, 2.45) is 5.10 Å². The molecule has 0 radical (unpaired) electrons. The Bertz CT molecular complexity index is 1180. The number of hydrogen-bond donors (Lipinski definition) is 2. The van der Waals surface area contributed by atoms with Crippen LogP contribution in [0.1, 0.15) is 29.2 Å². The van der Waals surface area contributed by atoms with Gasteiger partial charge in [0.2, 0.25) is 15.9 Å². The predicted octanol–water partition coefficient (Wildman–Crippen LogP) is 3.56. The maximum atomic E-state index is 12.9. The molecule has 0 bridgehead atoms. The highest BCUT2D eigenvalue weighted by molar-refractivity contribution is 7.89. The number of benzene rings is 3. The third-order valence-corrected chi connectivity index (χ3v) is 6.24. The lowest BCUT2D eigenvalue weighted by Gasteiger charge is -2.18. The van der Waals surface area contributed by atoms with Crippen molar-refractivity contribution in [3.8, 4) is 5.75 Å². The fourth-order valence-electron chi connectivity index (χ4n) is 3.06. The van der Waals surface area contributed by atoms with Crippen molar-refractivity contribution in [3.05, 3.63) is 95.6 Å². The lowest BCUT2D eigenvalue weighted by atomic mass is 10.0. The number of sulfonamides is 1. The fraction of sp³-hybridized carbons (Fsp3) is 0.167. The molecule has 0 spiro atoms. The normalized spacial score (nSPS) is 12.4. The van der Waals surface area contributed by atoms with E-state index in [4.69, 9.17) is 4.74 Å². The molecule has 0 aromatic heterocycles. The van der Waals surface area contributed by atoms with Crippen LogP contribution in [0.4, 0.5) is 0 Å². The van der Waals surface area contributed by atoms with Crippen LogP contribution >= 0.6 is 0 Å². The highest BCUT2D eigenvalue weighted by atomic mass is 32.2. The molecule has 0 fully saturated rings. The first-order valence-electron chi connectivity index (χ1n) is 9.98. The Labute approximate surface area is 188 Å². The number of rotatable bonds is 9. The third-order valence-electron chi connectivity index (χ3n) is 4.75. The Hall–Kier alpha value is -3.49. The largest absolute Gasteiger partial charge is 0.496 e. The number of carbonyl (C=O) groups excluding carboxylic acids is 1. The Morgan fingerprint density at radius 2 is 1.66 bits per heavy atom. The number of aryl methyl sites for hydroxylation is 1. The Kier molecular flexibility index (Phi) is 7.75. The van der Waals surface area contributed by atoms with Gasteiger partial charge >= 0.3 is 0 Å². The molecular weight excluding hydrogens is 426 g/mol. The summed E-state index contributed by atoms with van der Waals surface area (Å²) in [5.41, 5.74) is 4.79. The van der Waals surface area contributed by atoms with E-state index in [1.165, 1.54) is 18.3 Å². The van der Waals surface area contributed by atoms with Gasteiger partial charge in [0, 0.05) is 12.0 Å². The van der Waals surface area contributed by atoms with Gasteiger partial charge in [0.05, 0.1) is 24.3 Å². The summed E-state index contributed by atoms with van der Waals surface area (Å²) in [7, 11) is -2.28. The van der Waals surface area contributed by atoms with Crippen molar-refractivity contribution in [2.75, 3.05) is 7.11 Å². The van der Waals surface area contributed by atoms with E-state index in [0.717, 1.165) is 5.56 Å². The highest BCUT2D eigenvalue weighted by Crippen LogP contribution is 2.21. The molecule has 2 N–H and O–H groups in total. The second-order valence-corrected chi connectivity index (χ2v) is 8.85. The van der Waals surface area contributed by atoms with E-state index in [9.17, 15) is 13.2 Å². The van der Waals surface area contributed by atoms with Crippen molar-refractivity contribution in [1.29, 1.82) is 0 Å². The number of nitrogens with one attached hydrogen (secondary N) is 2. The fourth-order valence-corrected chi connectivity index (χ4v) is 4.29. The van der Waals surface area contributed by atoms with Gasteiger partial charge in [-0.25, -0.2) is 18.6 Å². The molecule has 3 aromatic carbocycles. The molecule has 0 aliphatic rings. The lowest BCUT2D eigenvalue weighted by molar-refractivity contribution is -0.121. The van der Waals surface area contributed by atoms with Gasteiger partial charge in [-0.2, -0.15) is 5.10 Å². The molecule has 32 heavy (non-hydrogen) atoms. The second-order valence-electron chi connectivity index (χ2n) is 7.14. The number of carbonyl (C=O) groups is 1. The van der Waals surface area contributed by atoms with Gasteiger partial charge in [-0.1, -0.05) is 60.2 Å². The minimum Gasteiger partial charge on any atom is -0.496 e. The number of nitrogens with zero attached hydrogens (tertiary/aromatic N) is 1. The molecule has 7 nitrogen and oxygen atoms in total. The summed E-state index contributed by atoms with van der Waals surface area (Å²) in [5, 5.41) is 3.98. The smallest absolute Gasteiger partial charge is 0.242 e. The van der Waals surface area contributed by atoms with Crippen LogP contribution in [0.15, 0.2) is 88.9 Å². The topological polar surface area (TPSA) is 96.9 Å². The van der Waals surface area contributed by atoms with Crippen molar-refractivity contribution in [2.45, 2.75) is 24.3 Å². The van der Waals surface area contributed by atoms with Crippen molar-refractivity contribution < 1.29 is 17.9 Å². The minimum atomic E-state index is -3.83. The lowest BCUT2D eigenvalue weighted by Crippen LogP contribution is -2.32. The molecule has 0 unspecified atom stereocenters. The molecule has 0 aliphatic heterocycles. The van der Waals surface area contributed by atoms with E-state index >= 15 is 0 Å². The van der Waals surface area contributed by atoms with E-state index in [1.807, 2.05) is 25.1 Å². The zero-order chi connectivity index (χ0) is 23.0. The molecule has 0 aliphatic carbocycles. The first-order valence-corrected chi connectivity index (χ1v) is 11.5. The van der Waals surface area contributed by atoms with E-state index < -0.39 is 22.0 Å². The molecule has 166 valence electrons. The number of para-hydroxylation sites is 1. The summed E-state index contributed by atoms with van der Waals surface area (Å²) in [6.45, 7) is 1.88. The standard InChI is InChI=1S/C24H25N3O4S/c1-18-12-14-21(15-13-18)32(29,30)27-22(19-8-4-3-5-9-19)16-24(28)26-25-17-20-10-6-7-11-23(20)31-2/h3-15,17,22,27H,16H2,1-2H3,(H,26,28)/b25-17-/t22-/m1/s1. The Morgan fingerprint density at radius 3 is 2.34 bits per heavy atom. The van der Waals surface area contributed by atoms with Crippen molar-refractivity contribution in [1.82, 2.24) is 10.1 Å². The average Bonchev–Trinajstić information content (AvgIpc) is 2.79. The Morgan fingerprint density at radius 1 is 1.00 bits per heavy atom. The number of methoxy groups -OCH3 is 1. The van der Waals surface area contributed by atoms with Gasteiger partial charge < -0.3 is 4.74 Å². The van der Waals surface area contributed by atoms with Gasteiger partial charge in [0.25, 0.3) is 0 Å². The predicted molar refractivity (Wildman–Crippen MR) is 124 cm³/mol. The van der Waals surface area contributed by atoms with Crippen LogP contribution in [0.5, 0.6) is 5.75 Å². The number of hydrogen-bond acceptors (Lipinski definition) is 5. The first kappa shape index (κ1) is 23.2. The molecule has 1 amide bonds. The molecule has 0 saturated carbocycles. The summed E-state index contributed by atoms with van der Waals surface area (Å²) in [5.74, 6) is 0.190. The molecule has 0 saturated heterocycles. The molecule has 0 heterocycles. The third kappa shape index (κ3) is 6.26. The number of ether oxygens (including phenoxy) is 1. The maximum absolute atomic E-state index is 12.9. The van der Waals surface area contributed by atoms with E-state index in [0.29, 0.717) is 16.9 Å². The van der Waals surface area contributed by atoms with E-state index in [-0.39, 0.29) is 11.3 Å².